The Morgan fingerprint density at radius 2 is 2.00 bits per heavy atom. The average molecular weight is 273 g/mol. The molecule has 0 spiro atoms. The summed E-state index contributed by atoms with van der Waals surface area (Å²) in [6, 6.07) is 4.74. The Morgan fingerprint density at radius 1 is 1.33 bits per heavy atom. The number of aliphatic hydroxyl groups excluding tert-OH is 1. The zero-order chi connectivity index (χ0) is 13.5. The topological polar surface area (TPSA) is 98.7 Å². The second kappa shape index (κ2) is 6.83. The molecular weight excluding hydrogens is 260 g/mol. The summed E-state index contributed by atoms with van der Waals surface area (Å²) in [5, 5.41) is 22.5. The minimum absolute atomic E-state index is 0.0642. The Balaban J connectivity index is 2.61. The van der Waals surface area contributed by atoms with Crippen LogP contribution in [0.1, 0.15) is 6.42 Å². The molecule has 4 N–H and O–H groups in total. The molecule has 0 aliphatic heterocycles. The van der Waals surface area contributed by atoms with Gasteiger partial charge < -0.3 is 20.8 Å². The third-order valence-electron chi connectivity index (χ3n) is 2.14. The minimum Gasteiger partial charge on any atom is -0.480 e. The first-order valence-electron chi connectivity index (χ1n) is 5.20. The van der Waals surface area contributed by atoms with Crippen LogP contribution in [0, 0.1) is 0 Å². The van der Waals surface area contributed by atoms with E-state index in [1.807, 2.05) is 0 Å². The SMILES string of the molecule is O=C(Nc1ccccc1Cl)NC(CCO)C(=O)O. The fraction of sp³-hybridized carbons (Fsp3) is 0.273. The number of carbonyl (C=O) groups excluding carboxylic acids is 1. The summed E-state index contributed by atoms with van der Waals surface area (Å²) in [6.07, 6.45) is -0.0642. The van der Waals surface area contributed by atoms with Gasteiger partial charge in [0.25, 0.3) is 0 Å². The molecule has 0 saturated carbocycles. The number of amides is 2. The fourth-order valence-electron chi connectivity index (χ4n) is 1.27. The average Bonchev–Trinajstić information content (AvgIpc) is 2.31. The molecule has 0 bridgehead atoms. The molecule has 0 aliphatic carbocycles. The van der Waals surface area contributed by atoms with Crippen molar-refractivity contribution in [2.75, 3.05) is 11.9 Å². The molecule has 98 valence electrons. The third kappa shape index (κ3) is 4.23. The van der Waals surface area contributed by atoms with Crippen molar-refractivity contribution in [3.63, 3.8) is 0 Å². The van der Waals surface area contributed by atoms with E-state index in [4.69, 9.17) is 21.8 Å². The van der Waals surface area contributed by atoms with Gasteiger partial charge in [-0.25, -0.2) is 9.59 Å². The largest absolute Gasteiger partial charge is 0.480 e. The number of anilines is 1. The van der Waals surface area contributed by atoms with Crippen molar-refractivity contribution in [2.45, 2.75) is 12.5 Å². The predicted molar refractivity (Wildman–Crippen MR) is 66.7 cm³/mol. The number of halogens is 1. The summed E-state index contributed by atoms with van der Waals surface area (Å²) >= 11 is 5.83. The molecule has 6 nitrogen and oxygen atoms in total. The predicted octanol–water partition coefficient (Wildman–Crippen LogP) is 1.30. The van der Waals surface area contributed by atoms with Crippen LogP contribution in [0.4, 0.5) is 10.5 Å². The number of hydrogen-bond donors (Lipinski definition) is 4. The van der Waals surface area contributed by atoms with Gasteiger partial charge in [-0.05, 0) is 12.1 Å². The van der Waals surface area contributed by atoms with Gasteiger partial charge in [0.15, 0.2) is 0 Å². The number of aliphatic carboxylic acids is 1. The first-order chi connectivity index (χ1) is 8.54. The van der Waals surface area contributed by atoms with Gasteiger partial charge in [0, 0.05) is 13.0 Å². The Morgan fingerprint density at radius 3 is 2.56 bits per heavy atom. The highest BCUT2D eigenvalue weighted by Gasteiger charge is 2.19. The van der Waals surface area contributed by atoms with E-state index in [0.717, 1.165) is 0 Å². The van der Waals surface area contributed by atoms with Gasteiger partial charge >= 0.3 is 12.0 Å². The fourth-order valence-corrected chi connectivity index (χ4v) is 1.45. The molecule has 0 saturated heterocycles. The van der Waals surface area contributed by atoms with Crippen LogP contribution < -0.4 is 10.6 Å². The van der Waals surface area contributed by atoms with Gasteiger partial charge in [-0.1, -0.05) is 23.7 Å². The zero-order valence-corrected chi connectivity index (χ0v) is 10.1. The number of nitrogens with one attached hydrogen (secondary N) is 2. The lowest BCUT2D eigenvalue weighted by molar-refractivity contribution is -0.139. The molecule has 1 aromatic carbocycles. The smallest absolute Gasteiger partial charge is 0.326 e. The van der Waals surface area contributed by atoms with Gasteiger partial charge in [-0.15, -0.1) is 0 Å². The highest BCUT2D eigenvalue weighted by Crippen LogP contribution is 2.20. The van der Waals surface area contributed by atoms with Crippen molar-refractivity contribution in [3.8, 4) is 0 Å². The first-order valence-corrected chi connectivity index (χ1v) is 5.58. The lowest BCUT2D eigenvalue weighted by atomic mass is 10.2. The summed E-state index contributed by atoms with van der Waals surface area (Å²) in [7, 11) is 0. The number of benzene rings is 1. The van der Waals surface area contributed by atoms with Crippen LogP contribution in [0.5, 0.6) is 0 Å². The van der Waals surface area contributed by atoms with E-state index < -0.39 is 18.0 Å². The molecule has 0 aromatic heterocycles. The van der Waals surface area contributed by atoms with Crippen LogP contribution in [0.2, 0.25) is 5.02 Å². The van der Waals surface area contributed by atoms with Gasteiger partial charge in [0.2, 0.25) is 0 Å². The second-order valence-electron chi connectivity index (χ2n) is 3.48. The molecule has 7 heteroatoms. The summed E-state index contributed by atoms with van der Waals surface area (Å²) in [6.45, 7) is -0.330. The van der Waals surface area contributed by atoms with E-state index in [9.17, 15) is 9.59 Å². The van der Waals surface area contributed by atoms with E-state index in [1.165, 1.54) is 0 Å². The molecule has 18 heavy (non-hydrogen) atoms. The molecular formula is C11H13ClN2O4. The highest BCUT2D eigenvalue weighted by atomic mass is 35.5. The van der Waals surface area contributed by atoms with Crippen molar-refractivity contribution >= 4 is 29.3 Å². The summed E-state index contributed by atoms with van der Waals surface area (Å²) in [5.41, 5.74) is 0.379. The van der Waals surface area contributed by atoms with E-state index in [-0.39, 0.29) is 13.0 Å². The van der Waals surface area contributed by atoms with Crippen LogP contribution in [0.25, 0.3) is 0 Å². The van der Waals surface area contributed by atoms with Crippen LogP contribution in [-0.4, -0.2) is 34.9 Å². The lowest BCUT2D eigenvalue weighted by Gasteiger charge is -2.14. The van der Waals surface area contributed by atoms with Gasteiger partial charge in [0.05, 0.1) is 10.7 Å². The number of carboxylic acid groups (broad SMARTS) is 1. The van der Waals surface area contributed by atoms with Crippen LogP contribution >= 0.6 is 11.6 Å². The number of hydrogen-bond acceptors (Lipinski definition) is 3. The highest BCUT2D eigenvalue weighted by molar-refractivity contribution is 6.33. The van der Waals surface area contributed by atoms with Crippen molar-refractivity contribution in [2.24, 2.45) is 0 Å². The maximum Gasteiger partial charge on any atom is 0.326 e. The molecule has 1 rings (SSSR count). The molecule has 0 radical (unpaired) electrons. The van der Waals surface area contributed by atoms with E-state index in [1.54, 1.807) is 24.3 Å². The van der Waals surface area contributed by atoms with Crippen molar-refractivity contribution in [1.29, 1.82) is 0 Å². The quantitative estimate of drug-likeness (QED) is 0.649. The number of aliphatic hydroxyl groups is 1. The first kappa shape index (κ1) is 14.3. The van der Waals surface area contributed by atoms with Crippen molar-refractivity contribution in [3.05, 3.63) is 29.3 Å². The molecule has 0 fully saturated rings. The Hall–Kier alpha value is -1.79. The third-order valence-corrected chi connectivity index (χ3v) is 2.47. The monoisotopic (exact) mass is 272 g/mol. The number of carboxylic acids is 1. The van der Waals surface area contributed by atoms with Crippen molar-refractivity contribution < 1.29 is 19.8 Å². The Labute approximate surface area is 109 Å². The summed E-state index contributed by atoms with van der Waals surface area (Å²) < 4.78 is 0. The van der Waals surface area contributed by atoms with Crippen LogP contribution in [0.3, 0.4) is 0 Å². The normalized spacial score (nSPS) is 11.7. The molecule has 1 aromatic rings. The number of para-hydroxylation sites is 1. The minimum atomic E-state index is -1.21. The summed E-state index contributed by atoms with van der Waals surface area (Å²) in [5.74, 6) is -1.21. The maximum absolute atomic E-state index is 11.5. The summed E-state index contributed by atoms with van der Waals surface area (Å²) in [4.78, 5) is 22.3. The molecule has 0 heterocycles. The van der Waals surface area contributed by atoms with Gasteiger partial charge in [0.1, 0.15) is 6.04 Å². The van der Waals surface area contributed by atoms with E-state index in [0.29, 0.717) is 10.7 Å². The van der Waals surface area contributed by atoms with Gasteiger partial charge in [-0.2, -0.15) is 0 Å². The molecule has 0 aliphatic rings. The van der Waals surface area contributed by atoms with Crippen molar-refractivity contribution in [1.82, 2.24) is 5.32 Å². The molecule has 1 unspecified atom stereocenters. The standard InChI is InChI=1S/C11H13ClN2O4/c12-7-3-1-2-4-8(7)13-11(18)14-9(5-6-15)10(16)17/h1-4,9,15H,5-6H2,(H,16,17)(H2,13,14,18). The zero-order valence-electron chi connectivity index (χ0n) is 9.39. The number of urea groups is 1. The van der Waals surface area contributed by atoms with Gasteiger partial charge in [-0.3, -0.25) is 0 Å². The number of rotatable bonds is 5. The maximum atomic E-state index is 11.5. The van der Waals surface area contributed by atoms with E-state index in [2.05, 4.69) is 10.6 Å². The number of carbonyl (C=O) groups is 2. The van der Waals surface area contributed by atoms with Crippen LogP contribution in [0.15, 0.2) is 24.3 Å². The molecule has 1 atom stereocenters. The Bertz CT molecular complexity index is 439. The van der Waals surface area contributed by atoms with E-state index >= 15 is 0 Å². The molecule has 2 amide bonds. The Kier molecular flexibility index (Phi) is 5.41. The lowest BCUT2D eigenvalue weighted by Crippen LogP contribution is -2.43. The van der Waals surface area contributed by atoms with Crippen LogP contribution in [-0.2, 0) is 4.79 Å². The second-order valence-corrected chi connectivity index (χ2v) is 3.89.